The second-order valence-corrected chi connectivity index (χ2v) is 10.1. The number of nitrogens with zero attached hydrogens (tertiary/aromatic N) is 3. The van der Waals surface area contributed by atoms with Gasteiger partial charge < -0.3 is 20.5 Å². The lowest BCUT2D eigenvalue weighted by molar-refractivity contribution is -0.605. The molecule has 1 saturated carbocycles. The summed E-state index contributed by atoms with van der Waals surface area (Å²) < 4.78 is 0.774. The van der Waals surface area contributed by atoms with Gasteiger partial charge in [0.1, 0.15) is 11.6 Å². The van der Waals surface area contributed by atoms with Gasteiger partial charge in [-0.05, 0) is 43.6 Å². The van der Waals surface area contributed by atoms with Crippen LogP contribution in [0.4, 0.5) is 0 Å². The first-order chi connectivity index (χ1) is 15.9. The summed E-state index contributed by atoms with van der Waals surface area (Å²) in [6.07, 6.45) is 10.3. The molecule has 1 aliphatic carbocycles. The molecule has 0 aromatic carbocycles. The highest BCUT2D eigenvalue weighted by atomic mass is 35.5. The fourth-order valence-electron chi connectivity index (χ4n) is 5.84. The molecule has 0 unspecified atom stereocenters. The van der Waals surface area contributed by atoms with Crippen LogP contribution < -0.4 is 10.0 Å². The van der Waals surface area contributed by atoms with Gasteiger partial charge in [-0.25, -0.2) is 0 Å². The zero-order chi connectivity index (χ0) is 23.4. The maximum Gasteiger partial charge on any atom is 0.248 e. The highest BCUT2D eigenvalue weighted by Gasteiger charge is 2.55. The van der Waals surface area contributed by atoms with Crippen molar-refractivity contribution in [2.45, 2.75) is 88.9 Å². The summed E-state index contributed by atoms with van der Waals surface area (Å²) in [5.41, 5.74) is 0.223. The molecular formula is C25H39ClN4O4. The summed E-state index contributed by atoms with van der Waals surface area (Å²) >= 11 is 0. The number of piperidine rings is 1. The van der Waals surface area contributed by atoms with Crippen LogP contribution in [0.25, 0.3) is 0 Å². The van der Waals surface area contributed by atoms with Crippen molar-refractivity contribution in [2.75, 3.05) is 19.6 Å². The molecular weight excluding hydrogens is 456 g/mol. The molecule has 2 amide bonds. The summed E-state index contributed by atoms with van der Waals surface area (Å²) in [5, 5.41) is 25.3. The second-order valence-electron chi connectivity index (χ2n) is 10.1. The van der Waals surface area contributed by atoms with E-state index in [2.05, 4.69) is 17.1 Å². The molecule has 1 spiro atoms. The number of likely N-dealkylation sites (tertiary alicyclic amines) is 1. The molecule has 190 valence electrons. The highest BCUT2D eigenvalue weighted by molar-refractivity contribution is 6.00. The van der Waals surface area contributed by atoms with E-state index in [0.717, 1.165) is 48.8 Å². The molecule has 34 heavy (non-hydrogen) atoms. The third kappa shape index (κ3) is 5.50. The minimum atomic E-state index is -0.833. The number of carbonyl (C=O) groups is 2. The number of unbranched alkanes of at least 4 members (excludes halogenated alkanes) is 1. The number of aliphatic hydroxyl groups is 1. The number of nitrogens with one attached hydrogen (secondary N) is 1. The number of aliphatic hydroxyl groups excluding tert-OH is 1. The predicted molar refractivity (Wildman–Crippen MR) is 131 cm³/mol. The van der Waals surface area contributed by atoms with Crippen LogP contribution in [0.3, 0.4) is 0 Å². The Bertz CT molecular complexity index is 823. The van der Waals surface area contributed by atoms with Crippen molar-refractivity contribution >= 4 is 24.2 Å². The van der Waals surface area contributed by atoms with E-state index in [4.69, 9.17) is 0 Å². The second kappa shape index (κ2) is 11.7. The monoisotopic (exact) mass is 494 g/mol. The topological polar surface area (TPSA) is 99.8 Å². The normalized spacial score (nSPS) is 24.5. The Morgan fingerprint density at radius 2 is 1.82 bits per heavy atom. The summed E-state index contributed by atoms with van der Waals surface area (Å²) in [7, 11) is 0. The van der Waals surface area contributed by atoms with Crippen LogP contribution in [-0.4, -0.2) is 64.0 Å². The van der Waals surface area contributed by atoms with Crippen LogP contribution in [0, 0.1) is 11.1 Å². The Kier molecular flexibility index (Phi) is 9.18. The van der Waals surface area contributed by atoms with E-state index >= 15 is 0 Å². The molecule has 2 atom stereocenters. The molecule has 1 aromatic rings. The lowest BCUT2D eigenvalue weighted by Gasteiger charge is -2.52. The Balaban J connectivity index is 0.00000324. The van der Waals surface area contributed by atoms with Crippen molar-refractivity contribution in [3.05, 3.63) is 35.3 Å². The molecule has 0 radical (unpaired) electrons. The Morgan fingerprint density at radius 1 is 1.18 bits per heavy atom. The van der Waals surface area contributed by atoms with Crippen molar-refractivity contribution in [2.24, 2.45) is 5.92 Å². The molecule has 2 saturated heterocycles. The van der Waals surface area contributed by atoms with Crippen LogP contribution in [0.2, 0.25) is 0 Å². The summed E-state index contributed by atoms with van der Waals surface area (Å²) in [6.45, 7) is 4.75. The van der Waals surface area contributed by atoms with Crippen molar-refractivity contribution in [1.82, 2.24) is 15.1 Å². The van der Waals surface area contributed by atoms with Gasteiger partial charge in [0.15, 0.2) is 12.4 Å². The largest absolute Gasteiger partial charge is 0.619 e. The molecule has 9 heteroatoms. The number of piperazine rings is 1. The lowest BCUT2D eigenvalue weighted by atomic mass is 9.78. The fourth-order valence-corrected chi connectivity index (χ4v) is 5.84. The van der Waals surface area contributed by atoms with Crippen molar-refractivity contribution < 1.29 is 19.4 Å². The van der Waals surface area contributed by atoms with Crippen LogP contribution in [0.1, 0.15) is 70.3 Å². The standard InChI is InChI=1S/C25H38N4O4.ClH/c1-2-3-13-29-23(31)21(22(30)20-7-5-4-6-8-20)26-24(32)25(29)11-16-27(17-12-25)18-19-9-14-28(33)15-10-19;/h9-10,14-15,20-22,30H,2-8,11-13,16-18H2,1H3,(H,26,32);1H/t21-,22-;/m1./s1. The maximum absolute atomic E-state index is 13.6. The number of amides is 2. The Labute approximate surface area is 208 Å². The first-order valence-corrected chi connectivity index (χ1v) is 12.6. The van der Waals surface area contributed by atoms with Gasteiger partial charge in [-0.15, -0.1) is 12.4 Å². The Hall–Kier alpha value is -1.90. The average Bonchev–Trinajstić information content (AvgIpc) is 2.84. The van der Waals surface area contributed by atoms with Gasteiger partial charge in [-0.1, -0.05) is 32.6 Å². The van der Waals surface area contributed by atoms with E-state index in [9.17, 15) is 19.9 Å². The summed E-state index contributed by atoms with van der Waals surface area (Å²) in [5.74, 6) is -0.141. The average molecular weight is 495 g/mol. The van der Waals surface area contributed by atoms with Gasteiger partial charge in [-0.2, -0.15) is 4.73 Å². The Morgan fingerprint density at radius 3 is 2.44 bits per heavy atom. The smallest absolute Gasteiger partial charge is 0.248 e. The number of pyridine rings is 1. The number of hydrogen-bond donors (Lipinski definition) is 2. The number of aromatic nitrogens is 1. The minimum Gasteiger partial charge on any atom is -0.619 e. The molecule has 8 nitrogen and oxygen atoms in total. The number of hydrogen-bond acceptors (Lipinski definition) is 5. The molecule has 3 heterocycles. The van der Waals surface area contributed by atoms with Gasteiger partial charge in [-0.3, -0.25) is 14.5 Å². The molecule has 2 N–H and O–H groups in total. The van der Waals surface area contributed by atoms with Gasteiger partial charge in [0.2, 0.25) is 11.8 Å². The van der Waals surface area contributed by atoms with Crippen LogP contribution in [-0.2, 0) is 16.1 Å². The van der Waals surface area contributed by atoms with Crippen LogP contribution >= 0.6 is 12.4 Å². The van der Waals surface area contributed by atoms with Crippen molar-refractivity contribution in [3.63, 3.8) is 0 Å². The van der Waals surface area contributed by atoms with E-state index in [1.54, 1.807) is 0 Å². The quantitative estimate of drug-likeness (QED) is 0.447. The van der Waals surface area contributed by atoms with Crippen LogP contribution in [0.15, 0.2) is 24.5 Å². The van der Waals surface area contributed by atoms with Gasteiger partial charge in [0, 0.05) is 38.3 Å². The van der Waals surface area contributed by atoms with Gasteiger partial charge in [0.25, 0.3) is 0 Å². The number of carbonyl (C=O) groups excluding carboxylic acids is 2. The first kappa shape index (κ1) is 26.7. The van der Waals surface area contributed by atoms with Gasteiger partial charge >= 0.3 is 0 Å². The lowest BCUT2D eigenvalue weighted by Crippen LogP contribution is -2.75. The van der Waals surface area contributed by atoms with Crippen molar-refractivity contribution in [1.29, 1.82) is 0 Å². The number of rotatable bonds is 7. The van der Waals surface area contributed by atoms with E-state index in [1.165, 1.54) is 18.8 Å². The molecule has 2 aliphatic heterocycles. The zero-order valence-corrected chi connectivity index (χ0v) is 21.0. The summed E-state index contributed by atoms with van der Waals surface area (Å²) in [4.78, 5) is 31.2. The minimum absolute atomic E-state index is 0. The predicted octanol–water partition coefficient (Wildman–Crippen LogP) is 2.14. The van der Waals surface area contributed by atoms with Gasteiger partial charge in [0.05, 0.1) is 6.10 Å². The molecule has 4 rings (SSSR count). The maximum atomic E-state index is 13.6. The first-order valence-electron chi connectivity index (χ1n) is 12.6. The third-order valence-electron chi connectivity index (χ3n) is 7.93. The highest BCUT2D eigenvalue weighted by Crippen LogP contribution is 2.36. The van der Waals surface area contributed by atoms with Crippen LogP contribution in [0.5, 0.6) is 0 Å². The summed E-state index contributed by atoms with van der Waals surface area (Å²) in [6, 6.07) is 2.81. The molecule has 3 aliphatic rings. The SMILES string of the molecule is CCCCN1C(=O)[C@@H]([C@H](O)C2CCCCC2)NC(=O)C12CCN(Cc1cc[n+]([O-])cc1)CC2.Cl. The molecule has 3 fully saturated rings. The fraction of sp³-hybridized carbons (Fsp3) is 0.720. The van der Waals surface area contributed by atoms with E-state index in [0.29, 0.717) is 39.0 Å². The molecule has 0 bridgehead atoms. The third-order valence-corrected chi connectivity index (χ3v) is 7.93. The number of halogens is 1. The van der Waals surface area contributed by atoms with E-state index in [-0.39, 0.29) is 30.1 Å². The zero-order valence-electron chi connectivity index (χ0n) is 20.2. The van der Waals surface area contributed by atoms with Crippen molar-refractivity contribution in [3.8, 4) is 0 Å². The molecule has 1 aromatic heterocycles. The van der Waals surface area contributed by atoms with E-state index < -0.39 is 17.7 Å². The van der Waals surface area contributed by atoms with E-state index in [1.807, 2.05) is 17.0 Å².